The lowest BCUT2D eigenvalue weighted by atomic mass is 9.99. The van der Waals surface area contributed by atoms with E-state index in [4.69, 9.17) is 9.47 Å². The molecule has 0 bridgehead atoms. The number of hydrogen-bond acceptors (Lipinski definition) is 7. The van der Waals surface area contributed by atoms with Gasteiger partial charge < -0.3 is 19.9 Å². The molecule has 1 amide bonds. The van der Waals surface area contributed by atoms with Crippen LogP contribution in [-0.2, 0) is 43.9 Å². The van der Waals surface area contributed by atoms with Gasteiger partial charge in [-0.3, -0.25) is 4.79 Å². The molecule has 3 N–H and O–H groups in total. The van der Waals surface area contributed by atoms with Crippen LogP contribution in [0, 0.1) is 6.92 Å². The highest BCUT2D eigenvalue weighted by molar-refractivity contribution is 7.99. The molecule has 0 radical (unpaired) electrons. The van der Waals surface area contributed by atoms with E-state index in [0.717, 1.165) is 50.3 Å². The Morgan fingerprint density at radius 3 is 2.12 bits per heavy atom. The lowest BCUT2D eigenvalue weighted by Crippen LogP contribution is -2.47. The predicted molar refractivity (Wildman–Crippen MR) is 225 cm³/mol. The molecule has 4 atom stereocenters. The first kappa shape index (κ1) is 40.1. The lowest BCUT2D eigenvalue weighted by Gasteiger charge is -2.36. The Balaban J connectivity index is 1.06. The minimum absolute atomic E-state index is 0.0148. The number of aliphatic hydroxyl groups excluding tert-OH is 1. The van der Waals surface area contributed by atoms with Gasteiger partial charge in [-0.1, -0.05) is 127 Å². The molecule has 6 aromatic carbocycles. The van der Waals surface area contributed by atoms with Crippen LogP contribution in [0.3, 0.4) is 0 Å². The summed E-state index contributed by atoms with van der Waals surface area (Å²) < 4.78 is 42.7. The van der Waals surface area contributed by atoms with Gasteiger partial charge in [0, 0.05) is 29.2 Å². The first-order valence-corrected chi connectivity index (χ1v) is 21.5. The zero-order chi connectivity index (χ0) is 39.6. The summed E-state index contributed by atoms with van der Waals surface area (Å²) in [7, 11) is -3.96. The first-order valence-electron chi connectivity index (χ1n) is 19.0. The number of sulfonamides is 1. The molecule has 8 nitrogen and oxygen atoms in total. The average molecular weight is 799 g/mol. The molecule has 1 heterocycles. The maximum atomic E-state index is 13.7. The highest BCUT2D eigenvalue weighted by Crippen LogP contribution is 2.40. The monoisotopic (exact) mass is 798 g/mol. The van der Waals surface area contributed by atoms with Crippen LogP contribution < -0.4 is 10.0 Å². The number of carbonyl (C=O) groups excluding carboxylic acids is 1. The Labute approximate surface area is 339 Å². The van der Waals surface area contributed by atoms with E-state index in [0.29, 0.717) is 6.42 Å². The van der Waals surface area contributed by atoms with Gasteiger partial charge in [-0.2, -0.15) is 4.72 Å². The summed E-state index contributed by atoms with van der Waals surface area (Å²) in [5.74, 6) is 0.344. The van der Waals surface area contributed by atoms with Crippen LogP contribution in [0.1, 0.15) is 52.2 Å². The van der Waals surface area contributed by atoms with Gasteiger partial charge in [0.2, 0.25) is 15.9 Å². The van der Waals surface area contributed by atoms with Crippen LogP contribution in [0.5, 0.6) is 0 Å². The van der Waals surface area contributed by atoms with Crippen molar-refractivity contribution < 1.29 is 27.8 Å². The topological polar surface area (TPSA) is 114 Å². The number of hydrogen-bond donors (Lipinski definition) is 3. The van der Waals surface area contributed by atoms with Crippen LogP contribution in [0.2, 0.25) is 0 Å². The maximum absolute atomic E-state index is 13.7. The normalized spacial score (nSPS) is 17.5. The van der Waals surface area contributed by atoms with Crippen molar-refractivity contribution in [3.8, 4) is 11.1 Å². The van der Waals surface area contributed by atoms with Crippen molar-refractivity contribution >= 4 is 27.7 Å². The number of thioether (sulfide) groups is 1. The van der Waals surface area contributed by atoms with Crippen molar-refractivity contribution in [1.82, 2.24) is 10.0 Å². The van der Waals surface area contributed by atoms with Crippen LogP contribution in [-0.4, -0.2) is 37.3 Å². The molecule has 4 unspecified atom stereocenters. The summed E-state index contributed by atoms with van der Waals surface area (Å²) in [6.07, 6.45) is 0.0216. The average Bonchev–Trinajstić information content (AvgIpc) is 3.25. The second-order valence-electron chi connectivity index (χ2n) is 14.2. The van der Waals surface area contributed by atoms with Gasteiger partial charge in [0.05, 0.1) is 23.7 Å². The molecule has 1 aliphatic heterocycles. The minimum Gasteiger partial charge on any atom is -0.392 e. The highest BCUT2D eigenvalue weighted by atomic mass is 32.2. The molecule has 7 rings (SSSR count). The Morgan fingerprint density at radius 2 is 1.40 bits per heavy atom. The van der Waals surface area contributed by atoms with Crippen LogP contribution in [0.15, 0.2) is 168 Å². The van der Waals surface area contributed by atoms with Gasteiger partial charge in [-0.25, -0.2) is 8.42 Å². The van der Waals surface area contributed by atoms with Crippen LogP contribution in [0.4, 0.5) is 0 Å². The van der Waals surface area contributed by atoms with Crippen molar-refractivity contribution in [3.63, 3.8) is 0 Å². The first-order chi connectivity index (χ1) is 27.7. The fourth-order valence-electron chi connectivity index (χ4n) is 6.78. The quantitative estimate of drug-likeness (QED) is 0.0892. The molecular formula is C47H46N2O6S2. The molecule has 6 aromatic rings. The molecule has 10 heteroatoms. The fraction of sp³-hybridized carbons (Fsp3) is 0.213. The number of amides is 1. The minimum atomic E-state index is -3.96. The SMILES string of the molecule is Cc1ccc(S(=O)(=O)NC(Cc2ccccc2)C(=O)NCc2cccc(-c3cccc(C4OC(CSc5ccccc5)CC(c5ccc(CO)cc5)O4)c3)c2)cc1. The molecule has 1 fully saturated rings. The Hall–Kier alpha value is -5.07. The van der Waals surface area contributed by atoms with Gasteiger partial charge in [0.25, 0.3) is 0 Å². The number of carbonyl (C=O) groups is 1. The van der Waals surface area contributed by atoms with E-state index in [-0.39, 0.29) is 36.7 Å². The Bertz CT molecular complexity index is 2340. The van der Waals surface area contributed by atoms with Gasteiger partial charge in [0.1, 0.15) is 6.04 Å². The summed E-state index contributed by atoms with van der Waals surface area (Å²) in [4.78, 5) is 15.0. The molecule has 292 valence electrons. The smallest absolute Gasteiger partial charge is 0.241 e. The van der Waals surface area contributed by atoms with Gasteiger partial charge in [0.15, 0.2) is 6.29 Å². The number of aryl methyl sites for hydroxylation is 1. The molecule has 0 aromatic heterocycles. The molecule has 57 heavy (non-hydrogen) atoms. The summed E-state index contributed by atoms with van der Waals surface area (Å²) in [6.45, 7) is 2.08. The summed E-state index contributed by atoms with van der Waals surface area (Å²) in [5.41, 5.74) is 7.33. The van der Waals surface area contributed by atoms with E-state index in [1.54, 1.807) is 36.0 Å². The molecule has 1 saturated heterocycles. The predicted octanol–water partition coefficient (Wildman–Crippen LogP) is 8.70. The Kier molecular flexibility index (Phi) is 13.3. The number of ether oxygens (including phenoxy) is 2. The van der Waals surface area contributed by atoms with Crippen LogP contribution >= 0.6 is 11.8 Å². The molecule has 0 spiro atoms. The third-order valence-corrected chi connectivity index (χ3v) is 12.5. The van der Waals surface area contributed by atoms with Crippen molar-refractivity contribution in [1.29, 1.82) is 0 Å². The van der Waals surface area contributed by atoms with E-state index in [1.165, 1.54) is 4.90 Å². The van der Waals surface area contributed by atoms with E-state index in [2.05, 4.69) is 28.2 Å². The van der Waals surface area contributed by atoms with Gasteiger partial charge in [-0.05, 0) is 83.1 Å². The second-order valence-corrected chi connectivity index (χ2v) is 17.0. The van der Waals surface area contributed by atoms with Crippen molar-refractivity contribution in [2.45, 2.75) is 67.2 Å². The Morgan fingerprint density at radius 1 is 0.737 bits per heavy atom. The van der Waals surface area contributed by atoms with Crippen molar-refractivity contribution in [2.24, 2.45) is 0 Å². The van der Waals surface area contributed by atoms with E-state index >= 15 is 0 Å². The summed E-state index contributed by atoms with van der Waals surface area (Å²) in [5, 5.41) is 12.6. The molecular weight excluding hydrogens is 753 g/mol. The number of benzene rings is 6. The van der Waals surface area contributed by atoms with E-state index < -0.39 is 28.3 Å². The number of rotatable bonds is 15. The number of aliphatic hydroxyl groups is 1. The fourth-order valence-corrected chi connectivity index (χ4v) is 8.92. The zero-order valence-corrected chi connectivity index (χ0v) is 33.3. The summed E-state index contributed by atoms with van der Waals surface area (Å²) >= 11 is 1.76. The third kappa shape index (κ3) is 10.9. The van der Waals surface area contributed by atoms with E-state index in [9.17, 15) is 18.3 Å². The second kappa shape index (κ2) is 18.9. The summed E-state index contributed by atoms with van der Waals surface area (Å²) in [6, 6.07) is 49.1. The number of nitrogens with one attached hydrogen (secondary N) is 2. The maximum Gasteiger partial charge on any atom is 0.241 e. The van der Waals surface area contributed by atoms with E-state index in [1.807, 2.05) is 122 Å². The largest absolute Gasteiger partial charge is 0.392 e. The van der Waals surface area contributed by atoms with Gasteiger partial charge in [-0.15, -0.1) is 11.8 Å². The lowest BCUT2D eigenvalue weighted by molar-refractivity contribution is -0.245. The van der Waals surface area contributed by atoms with Crippen molar-refractivity contribution in [3.05, 3.63) is 191 Å². The van der Waals surface area contributed by atoms with Crippen LogP contribution in [0.25, 0.3) is 11.1 Å². The standard InChI is InChI=1S/C47H46N2O6S2/c1-33-18-24-43(25-19-33)57(52,53)49-44(27-34-10-4-2-5-11-34)46(51)48-30-36-12-8-13-38(26-36)39-14-9-15-40(28-39)47-54-41(32-56-42-16-6-3-7-17-42)29-45(55-47)37-22-20-35(31-50)21-23-37/h2-26,28,41,44-45,47,49-50H,27,29-32H2,1H3,(H,48,51). The highest BCUT2D eigenvalue weighted by Gasteiger charge is 2.32. The molecule has 0 saturated carbocycles. The third-order valence-electron chi connectivity index (χ3n) is 9.91. The molecule has 1 aliphatic rings. The van der Waals surface area contributed by atoms with Gasteiger partial charge >= 0.3 is 0 Å². The zero-order valence-electron chi connectivity index (χ0n) is 31.7. The molecule has 0 aliphatic carbocycles. The van der Waals surface area contributed by atoms with Crippen molar-refractivity contribution in [2.75, 3.05) is 5.75 Å².